The first-order chi connectivity index (χ1) is 12.9. The van der Waals surface area contributed by atoms with E-state index in [0.29, 0.717) is 11.8 Å². The monoisotopic (exact) mass is 384 g/mol. The van der Waals surface area contributed by atoms with Gasteiger partial charge in [0.2, 0.25) is 0 Å². The molecule has 0 unspecified atom stereocenters. The van der Waals surface area contributed by atoms with E-state index in [0.717, 1.165) is 6.54 Å². The van der Waals surface area contributed by atoms with Crippen LogP contribution in [0.15, 0.2) is 18.2 Å². The molecule has 2 N–H and O–H groups in total. The largest absolute Gasteiger partial charge is 0.338 e. The molecule has 156 valence electrons. The zero-order valence-electron chi connectivity index (χ0n) is 19.0. The fourth-order valence-electron chi connectivity index (χ4n) is 5.88. The van der Waals surface area contributed by atoms with Crippen molar-refractivity contribution in [2.24, 2.45) is 11.3 Å². The third-order valence-electron chi connectivity index (χ3n) is 7.31. The van der Waals surface area contributed by atoms with Gasteiger partial charge in [-0.15, -0.1) is 0 Å². The summed E-state index contributed by atoms with van der Waals surface area (Å²) in [6, 6.07) is 7.18. The van der Waals surface area contributed by atoms with Gasteiger partial charge in [0.25, 0.3) is 0 Å². The van der Waals surface area contributed by atoms with E-state index < -0.39 is 0 Å². The van der Waals surface area contributed by atoms with Crippen molar-refractivity contribution in [1.82, 2.24) is 10.6 Å². The smallest absolute Gasteiger partial charge is 0.315 e. The Balaban J connectivity index is 1.82. The number of hydrogen-bond acceptors (Lipinski definition) is 1. The molecule has 0 bridgehead atoms. The van der Waals surface area contributed by atoms with Crippen LogP contribution in [0.25, 0.3) is 0 Å². The van der Waals surface area contributed by atoms with Crippen molar-refractivity contribution in [2.75, 3.05) is 6.54 Å². The standard InChI is InChI=1S/C25H40N2O/c1-17(2)18-9-11-20-19(15-18)10-12-21-24(6,13-8-14-25(20,21)7)16-26-22(28)27-23(3,4)5/h9,11,15,17,21H,8,10,12-14,16H2,1-7H3,(H2,26,27,28)/t21-,24+,25-/m0/s1. The summed E-state index contributed by atoms with van der Waals surface area (Å²) in [7, 11) is 0. The van der Waals surface area contributed by atoms with Gasteiger partial charge in [0, 0.05) is 12.1 Å². The van der Waals surface area contributed by atoms with Gasteiger partial charge < -0.3 is 10.6 Å². The van der Waals surface area contributed by atoms with Crippen LogP contribution in [0.2, 0.25) is 0 Å². The molecule has 1 aromatic carbocycles. The van der Waals surface area contributed by atoms with Crippen LogP contribution >= 0.6 is 0 Å². The molecule has 2 aliphatic rings. The van der Waals surface area contributed by atoms with Gasteiger partial charge in [0.05, 0.1) is 0 Å². The maximum Gasteiger partial charge on any atom is 0.315 e. The number of benzene rings is 1. The summed E-state index contributed by atoms with van der Waals surface area (Å²) in [6.07, 6.45) is 6.08. The first-order valence-corrected chi connectivity index (χ1v) is 11.1. The molecule has 2 amide bonds. The number of carbonyl (C=O) groups is 1. The zero-order valence-corrected chi connectivity index (χ0v) is 19.0. The van der Waals surface area contributed by atoms with Crippen molar-refractivity contribution in [3.63, 3.8) is 0 Å². The van der Waals surface area contributed by atoms with E-state index in [4.69, 9.17) is 0 Å². The number of amides is 2. The molecule has 1 saturated carbocycles. The highest BCUT2D eigenvalue weighted by atomic mass is 16.2. The van der Waals surface area contributed by atoms with Crippen LogP contribution < -0.4 is 10.6 Å². The van der Waals surface area contributed by atoms with Crippen molar-refractivity contribution < 1.29 is 4.79 Å². The molecule has 3 atom stereocenters. The van der Waals surface area contributed by atoms with Gasteiger partial charge in [-0.3, -0.25) is 0 Å². The van der Waals surface area contributed by atoms with E-state index in [2.05, 4.69) is 56.5 Å². The molecule has 0 aromatic heterocycles. The Labute approximate surface area is 172 Å². The summed E-state index contributed by atoms with van der Waals surface area (Å²) < 4.78 is 0. The SMILES string of the molecule is CC(C)c1ccc2c(c1)CC[C@H]1[C@@](C)(CNC(=O)NC(C)(C)C)CCC[C@@]21C. The molecule has 0 heterocycles. The van der Waals surface area contributed by atoms with Gasteiger partial charge in [0.1, 0.15) is 0 Å². The Kier molecular flexibility index (Phi) is 5.59. The minimum Gasteiger partial charge on any atom is -0.338 e. The van der Waals surface area contributed by atoms with Gasteiger partial charge in [-0.25, -0.2) is 4.79 Å². The maximum absolute atomic E-state index is 12.4. The normalized spacial score (nSPS) is 29.8. The molecule has 1 aromatic rings. The van der Waals surface area contributed by atoms with Gasteiger partial charge >= 0.3 is 6.03 Å². The molecule has 3 rings (SSSR count). The summed E-state index contributed by atoms with van der Waals surface area (Å²) in [5, 5.41) is 6.24. The highest BCUT2D eigenvalue weighted by Crippen LogP contribution is 2.57. The van der Waals surface area contributed by atoms with E-state index >= 15 is 0 Å². The number of aryl methyl sites for hydroxylation is 1. The number of carbonyl (C=O) groups excluding carboxylic acids is 1. The number of nitrogens with one attached hydrogen (secondary N) is 2. The second-order valence-corrected chi connectivity index (χ2v) is 11.1. The molecule has 3 heteroatoms. The molecule has 0 spiro atoms. The third-order valence-corrected chi connectivity index (χ3v) is 7.31. The van der Waals surface area contributed by atoms with Crippen LogP contribution in [0, 0.1) is 11.3 Å². The molecule has 0 aliphatic heterocycles. The first kappa shape index (κ1) is 21.2. The van der Waals surface area contributed by atoms with Crippen LogP contribution in [0.1, 0.15) is 96.8 Å². The van der Waals surface area contributed by atoms with E-state index in [1.165, 1.54) is 37.7 Å². The summed E-state index contributed by atoms with van der Waals surface area (Å²) >= 11 is 0. The minimum absolute atomic E-state index is 0.0428. The van der Waals surface area contributed by atoms with Crippen molar-refractivity contribution in [1.29, 1.82) is 0 Å². The van der Waals surface area contributed by atoms with Crippen LogP contribution in [-0.4, -0.2) is 18.1 Å². The average Bonchev–Trinajstić information content (AvgIpc) is 2.58. The minimum atomic E-state index is -0.204. The lowest BCUT2D eigenvalue weighted by atomic mass is 9.49. The Morgan fingerprint density at radius 3 is 2.57 bits per heavy atom. The molecule has 28 heavy (non-hydrogen) atoms. The number of urea groups is 1. The first-order valence-electron chi connectivity index (χ1n) is 11.1. The highest BCUT2D eigenvalue weighted by molar-refractivity contribution is 5.74. The van der Waals surface area contributed by atoms with Gasteiger partial charge in [-0.05, 0) is 85.8 Å². The summed E-state index contributed by atoms with van der Waals surface area (Å²) in [5.41, 5.74) is 4.75. The maximum atomic E-state index is 12.4. The highest BCUT2D eigenvalue weighted by Gasteiger charge is 2.51. The van der Waals surface area contributed by atoms with E-state index in [-0.39, 0.29) is 22.4 Å². The molecule has 0 radical (unpaired) electrons. The Hall–Kier alpha value is -1.51. The van der Waals surface area contributed by atoms with Gasteiger partial charge in [0.15, 0.2) is 0 Å². The molecule has 0 saturated heterocycles. The van der Waals surface area contributed by atoms with Crippen LogP contribution in [0.5, 0.6) is 0 Å². The lowest BCUT2D eigenvalue weighted by Crippen LogP contribution is -2.55. The molecule has 1 fully saturated rings. The van der Waals surface area contributed by atoms with Crippen molar-refractivity contribution in [3.8, 4) is 0 Å². The Morgan fingerprint density at radius 1 is 1.21 bits per heavy atom. The van der Waals surface area contributed by atoms with Gasteiger partial charge in [-0.1, -0.05) is 52.3 Å². The van der Waals surface area contributed by atoms with Crippen molar-refractivity contribution >= 4 is 6.03 Å². The number of rotatable bonds is 3. The van der Waals surface area contributed by atoms with Crippen LogP contribution in [-0.2, 0) is 11.8 Å². The summed E-state index contributed by atoms with van der Waals surface area (Å²) in [6.45, 7) is 16.3. The predicted octanol–water partition coefficient (Wildman–Crippen LogP) is 5.92. The topological polar surface area (TPSA) is 41.1 Å². The quantitative estimate of drug-likeness (QED) is 0.667. The Morgan fingerprint density at radius 2 is 1.93 bits per heavy atom. The number of hydrogen-bond donors (Lipinski definition) is 2. The fourth-order valence-corrected chi connectivity index (χ4v) is 5.88. The lowest BCUT2D eigenvalue weighted by molar-refractivity contribution is 0.0277. The summed E-state index contributed by atoms with van der Waals surface area (Å²) in [4.78, 5) is 12.4. The lowest BCUT2D eigenvalue weighted by Gasteiger charge is -2.55. The van der Waals surface area contributed by atoms with Crippen LogP contribution in [0.3, 0.4) is 0 Å². The second-order valence-electron chi connectivity index (χ2n) is 11.1. The fraction of sp³-hybridized carbons (Fsp3) is 0.720. The molecule has 2 aliphatic carbocycles. The third kappa shape index (κ3) is 4.09. The second kappa shape index (κ2) is 7.39. The average molecular weight is 385 g/mol. The van der Waals surface area contributed by atoms with Crippen LogP contribution in [0.4, 0.5) is 4.79 Å². The van der Waals surface area contributed by atoms with Crippen molar-refractivity contribution in [2.45, 2.75) is 97.4 Å². The van der Waals surface area contributed by atoms with E-state index in [1.807, 2.05) is 20.8 Å². The van der Waals surface area contributed by atoms with E-state index in [9.17, 15) is 4.79 Å². The predicted molar refractivity (Wildman–Crippen MR) is 118 cm³/mol. The van der Waals surface area contributed by atoms with E-state index in [1.54, 1.807) is 11.1 Å². The Bertz CT molecular complexity index is 733. The zero-order chi connectivity index (χ0) is 20.7. The summed E-state index contributed by atoms with van der Waals surface area (Å²) in [5.74, 6) is 1.19. The molecule has 3 nitrogen and oxygen atoms in total. The molecular weight excluding hydrogens is 344 g/mol. The van der Waals surface area contributed by atoms with Crippen molar-refractivity contribution in [3.05, 3.63) is 34.9 Å². The molecular formula is C25H40N2O. The van der Waals surface area contributed by atoms with Gasteiger partial charge in [-0.2, -0.15) is 0 Å². The number of fused-ring (bicyclic) bond motifs is 3.